The molecule has 0 saturated heterocycles. The molecule has 0 saturated carbocycles. The summed E-state index contributed by atoms with van der Waals surface area (Å²) < 4.78 is 12.6. The molecule has 68 heavy (non-hydrogen) atoms. The third kappa shape index (κ3) is 5.21. The molecule has 5 heteroatoms. The fourth-order valence-corrected chi connectivity index (χ4v) is 13.7. The van der Waals surface area contributed by atoms with Crippen LogP contribution in [0.25, 0.3) is 91.9 Å². The molecule has 0 atom stereocenters. The van der Waals surface area contributed by atoms with E-state index in [1.54, 1.807) is 0 Å². The second-order valence-electron chi connectivity index (χ2n) is 23.8. The highest BCUT2D eigenvalue weighted by molar-refractivity contribution is 7.26. The fourth-order valence-electron chi connectivity index (χ4n) is 12.6. The molecule has 3 aliphatic rings. The Balaban J connectivity index is 1.22. The van der Waals surface area contributed by atoms with Crippen molar-refractivity contribution in [3.05, 3.63) is 161 Å². The number of rotatable bonds is 1. The van der Waals surface area contributed by atoms with Crippen LogP contribution in [0, 0.1) is 0 Å². The van der Waals surface area contributed by atoms with E-state index < -0.39 is 0 Å². The molecular formula is C63H55BN2OS. The summed E-state index contributed by atoms with van der Waals surface area (Å²) in [5.74, 6) is 0. The maximum atomic E-state index is 7.31. The van der Waals surface area contributed by atoms with Gasteiger partial charge in [0.2, 0.25) is 0 Å². The largest absolute Gasteiger partial charge is 0.455 e. The zero-order valence-corrected chi connectivity index (χ0v) is 41.8. The van der Waals surface area contributed by atoms with Crippen LogP contribution in [0.4, 0.5) is 11.4 Å². The quantitative estimate of drug-likeness (QED) is 0.153. The van der Waals surface area contributed by atoms with Gasteiger partial charge in [-0.25, -0.2) is 0 Å². The Bertz CT molecular complexity index is 4060. The van der Waals surface area contributed by atoms with E-state index in [0.29, 0.717) is 0 Å². The van der Waals surface area contributed by atoms with Crippen LogP contribution >= 0.6 is 11.3 Å². The first-order chi connectivity index (χ1) is 32.4. The molecule has 0 amide bonds. The summed E-state index contributed by atoms with van der Waals surface area (Å²) in [6.07, 6.45) is 0. The minimum atomic E-state index is -0.207. The van der Waals surface area contributed by atoms with Gasteiger partial charge in [0.15, 0.2) is 0 Å². The average Bonchev–Trinajstić information content (AvgIpc) is 4.03. The molecule has 0 radical (unpaired) electrons. The smallest absolute Gasteiger partial charge is 0.333 e. The molecule has 0 unspecified atom stereocenters. The standard InChI is InChI=1S/C63H55BN2OS/c1-60(2,3)34-20-24-37(25-21-34)66-49-32-41-40-28-35(61(4,5)6)22-26-45(40)63(10,11)46(41)30-44(49)54-55-39-17-12-14-18-51(39)67-59(55)56-43-29-36(62(7,8)9)23-27-48(43)65-50-33-53-42(38-16-13-15-19-52(38)68-53)31-47(50)64(66)57(54)58(56)65/h12-33H,1-11H3. The van der Waals surface area contributed by atoms with Crippen molar-refractivity contribution < 1.29 is 4.42 Å². The molecule has 0 N–H and O–H groups in total. The maximum Gasteiger partial charge on any atom is 0.333 e. The highest BCUT2D eigenvalue weighted by Gasteiger charge is 2.48. The summed E-state index contributed by atoms with van der Waals surface area (Å²) in [4.78, 5) is 2.73. The van der Waals surface area contributed by atoms with Gasteiger partial charge in [-0.2, -0.15) is 0 Å². The number of para-hydroxylation sites is 1. The van der Waals surface area contributed by atoms with E-state index in [9.17, 15) is 0 Å². The van der Waals surface area contributed by atoms with E-state index in [1.807, 2.05) is 11.3 Å². The van der Waals surface area contributed by atoms with Crippen LogP contribution in [0.1, 0.15) is 104 Å². The molecule has 1 aliphatic carbocycles. The predicted octanol–water partition coefficient (Wildman–Crippen LogP) is 16.5. The van der Waals surface area contributed by atoms with Crippen LogP contribution < -0.4 is 15.7 Å². The Kier molecular flexibility index (Phi) is 7.71. The summed E-state index contributed by atoms with van der Waals surface area (Å²) in [6, 6.07) is 52.1. The number of furan rings is 1. The number of fused-ring (bicyclic) bond motifs is 19. The van der Waals surface area contributed by atoms with E-state index >= 15 is 0 Å². The van der Waals surface area contributed by atoms with Crippen molar-refractivity contribution in [3.63, 3.8) is 0 Å². The highest BCUT2D eigenvalue weighted by atomic mass is 32.1. The summed E-state index contributed by atoms with van der Waals surface area (Å²) in [5, 5.41) is 7.47. The van der Waals surface area contributed by atoms with Crippen molar-refractivity contribution in [1.29, 1.82) is 0 Å². The Morgan fingerprint density at radius 2 is 1.19 bits per heavy atom. The first-order valence-corrected chi connectivity index (χ1v) is 25.3. The molecule has 2 aliphatic heterocycles. The zero-order chi connectivity index (χ0) is 46.7. The molecule has 3 aromatic heterocycles. The Morgan fingerprint density at radius 1 is 0.529 bits per heavy atom. The van der Waals surface area contributed by atoms with E-state index in [4.69, 9.17) is 4.42 Å². The summed E-state index contributed by atoms with van der Waals surface area (Å²) in [6.45, 7) is 25.7. The Hall–Kier alpha value is -6.56. The van der Waals surface area contributed by atoms with Crippen molar-refractivity contribution in [1.82, 2.24) is 4.57 Å². The van der Waals surface area contributed by atoms with E-state index in [2.05, 4.69) is 219 Å². The third-order valence-electron chi connectivity index (χ3n) is 16.2. The number of hydrogen-bond donors (Lipinski definition) is 0. The van der Waals surface area contributed by atoms with Crippen LogP contribution in [0.3, 0.4) is 0 Å². The first-order valence-electron chi connectivity index (χ1n) is 24.5. The van der Waals surface area contributed by atoms with Gasteiger partial charge in [0.05, 0.1) is 16.4 Å². The lowest BCUT2D eigenvalue weighted by molar-refractivity contribution is 0.589. The van der Waals surface area contributed by atoms with Crippen LogP contribution in [0.15, 0.2) is 138 Å². The zero-order valence-electron chi connectivity index (χ0n) is 41.0. The van der Waals surface area contributed by atoms with Crippen molar-refractivity contribution in [2.45, 2.75) is 97.8 Å². The molecule has 8 aromatic carbocycles. The van der Waals surface area contributed by atoms with Gasteiger partial charge in [-0.05, 0) is 126 Å². The van der Waals surface area contributed by atoms with Gasteiger partial charge in [0, 0.05) is 64.4 Å². The molecule has 332 valence electrons. The lowest BCUT2D eigenvalue weighted by Gasteiger charge is -2.43. The second-order valence-corrected chi connectivity index (χ2v) is 24.8. The van der Waals surface area contributed by atoms with Crippen molar-refractivity contribution in [2.75, 3.05) is 4.81 Å². The maximum absolute atomic E-state index is 7.31. The van der Waals surface area contributed by atoms with Gasteiger partial charge < -0.3 is 13.8 Å². The number of thiophene rings is 1. The van der Waals surface area contributed by atoms with Gasteiger partial charge >= 0.3 is 6.85 Å². The van der Waals surface area contributed by atoms with Crippen LogP contribution in [0.5, 0.6) is 0 Å². The average molecular weight is 899 g/mol. The third-order valence-corrected chi connectivity index (χ3v) is 17.4. The second kappa shape index (κ2) is 12.9. The first kappa shape index (κ1) is 40.5. The topological polar surface area (TPSA) is 21.3 Å². The van der Waals surface area contributed by atoms with Crippen molar-refractivity contribution >= 4 is 104 Å². The monoisotopic (exact) mass is 898 g/mol. The Morgan fingerprint density at radius 3 is 1.94 bits per heavy atom. The molecule has 0 fully saturated rings. The normalized spacial score (nSPS) is 15.0. The number of anilines is 2. The highest BCUT2D eigenvalue weighted by Crippen LogP contribution is 2.57. The fraction of sp³-hybridized carbons (Fsp3) is 0.238. The van der Waals surface area contributed by atoms with Crippen molar-refractivity contribution in [2.24, 2.45) is 0 Å². The predicted molar refractivity (Wildman–Crippen MR) is 294 cm³/mol. The van der Waals surface area contributed by atoms with Crippen LogP contribution in [-0.2, 0) is 21.7 Å². The van der Waals surface area contributed by atoms with Crippen LogP contribution in [-0.4, -0.2) is 11.4 Å². The molecule has 11 aromatic rings. The number of benzene rings is 8. The van der Waals surface area contributed by atoms with Gasteiger partial charge in [0.25, 0.3) is 0 Å². The molecule has 3 nitrogen and oxygen atoms in total. The SMILES string of the molecule is CC(C)(C)c1ccc(N2B3c4cc5c(cc4-n4c6ccc(C(C)(C)C)cc6c6c7oc8ccccc8c7c(c3c64)-c3cc4c(cc32)-c2cc(C(C)(C)C)ccc2C4(C)C)sc2ccccc25)cc1. The molecule has 0 spiro atoms. The minimum absolute atomic E-state index is 0.0157. The summed E-state index contributed by atoms with van der Waals surface area (Å²) in [7, 11) is 0. The number of nitrogens with zero attached hydrogens (tertiary/aromatic N) is 2. The minimum Gasteiger partial charge on any atom is -0.455 e. The summed E-state index contributed by atoms with van der Waals surface area (Å²) in [5.41, 5.74) is 22.6. The van der Waals surface area contributed by atoms with Crippen molar-refractivity contribution in [3.8, 4) is 27.9 Å². The molecule has 0 bridgehead atoms. The number of aromatic nitrogens is 1. The Labute approximate surface area is 403 Å². The van der Waals surface area contributed by atoms with Gasteiger partial charge in [-0.3, -0.25) is 0 Å². The summed E-state index contributed by atoms with van der Waals surface area (Å²) >= 11 is 1.90. The lowest BCUT2D eigenvalue weighted by atomic mass is 9.43. The van der Waals surface area contributed by atoms with Gasteiger partial charge in [0.1, 0.15) is 11.2 Å². The van der Waals surface area contributed by atoms with Gasteiger partial charge in [-0.1, -0.05) is 155 Å². The molecule has 14 rings (SSSR count). The molecule has 5 heterocycles. The number of hydrogen-bond acceptors (Lipinski definition) is 3. The van der Waals surface area contributed by atoms with Crippen LogP contribution in [0.2, 0.25) is 0 Å². The van der Waals surface area contributed by atoms with E-state index in [-0.39, 0.29) is 28.5 Å². The lowest BCUT2D eigenvalue weighted by Crippen LogP contribution is -2.60. The van der Waals surface area contributed by atoms with Gasteiger partial charge in [-0.15, -0.1) is 11.3 Å². The molecular weight excluding hydrogens is 844 g/mol. The van der Waals surface area contributed by atoms with E-state index in [0.717, 1.165) is 11.2 Å². The van der Waals surface area contributed by atoms with E-state index in [1.165, 1.54) is 131 Å².